The van der Waals surface area contributed by atoms with Crippen molar-refractivity contribution in [2.75, 3.05) is 0 Å². The molecule has 2 fully saturated rings. The molecule has 0 N–H and O–H groups in total. The number of Topliss-reactive ketones (excluding diaryl/α,β-unsaturated/α-hetero) is 1. The Labute approximate surface area is 106 Å². The zero-order valence-electron chi connectivity index (χ0n) is 10.0. The van der Waals surface area contributed by atoms with Crippen LogP contribution in [0.4, 0.5) is 0 Å². The number of fused-ring (bicyclic) bond motifs is 2. The quantitative estimate of drug-likeness (QED) is 0.745. The first-order valence-corrected chi connectivity index (χ1v) is 6.32. The molecule has 0 spiro atoms. The van der Waals surface area contributed by atoms with E-state index in [9.17, 15) is 4.79 Å². The second-order valence-corrected chi connectivity index (χ2v) is 5.03. The van der Waals surface area contributed by atoms with Gasteiger partial charge in [-0.15, -0.1) is 0 Å². The first-order valence-electron chi connectivity index (χ1n) is 6.32. The van der Waals surface area contributed by atoms with Crippen LogP contribution in [0.25, 0.3) is 0 Å². The minimum absolute atomic E-state index is 0.0386. The van der Waals surface area contributed by atoms with Gasteiger partial charge in [-0.1, -0.05) is 0 Å². The van der Waals surface area contributed by atoms with Gasteiger partial charge in [0.05, 0.1) is 17.8 Å². The Bertz CT molecular complexity index is 492. The van der Waals surface area contributed by atoms with Gasteiger partial charge in [0.15, 0.2) is 5.78 Å². The number of aromatic nitrogens is 1. The standard InChI is InChI=1S/C14H14N2O2/c15-7-9-1-4-13(16-8-9)14(17)10-5-11-2-3-12(6-10)18-11/h1,4,8,10-12H,2-3,5-6H2. The lowest BCUT2D eigenvalue weighted by atomic mass is 9.89. The molecule has 4 nitrogen and oxygen atoms in total. The summed E-state index contributed by atoms with van der Waals surface area (Å²) in [5, 5.41) is 8.70. The third-order valence-electron chi connectivity index (χ3n) is 3.81. The third kappa shape index (κ3) is 2.02. The van der Waals surface area contributed by atoms with Crippen molar-refractivity contribution in [3.63, 3.8) is 0 Å². The van der Waals surface area contributed by atoms with Crippen LogP contribution >= 0.6 is 0 Å². The summed E-state index contributed by atoms with van der Waals surface area (Å²) in [6.45, 7) is 0. The first-order chi connectivity index (χ1) is 8.76. The van der Waals surface area contributed by atoms with E-state index in [1.165, 1.54) is 6.20 Å². The molecule has 2 atom stereocenters. The van der Waals surface area contributed by atoms with E-state index in [1.54, 1.807) is 12.1 Å². The Hall–Kier alpha value is -1.73. The Kier molecular flexibility index (Phi) is 2.85. The lowest BCUT2D eigenvalue weighted by Crippen LogP contribution is -2.30. The van der Waals surface area contributed by atoms with Crippen LogP contribution in [0, 0.1) is 17.2 Å². The van der Waals surface area contributed by atoms with E-state index in [1.807, 2.05) is 6.07 Å². The smallest absolute Gasteiger partial charge is 0.184 e. The fraction of sp³-hybridized carbons (Fsp3) is 0.500. The van der Waals surface area contributed by atoms with Crippen LogP contribution in [0.5, 0.6) is 0 Å². The summed E-state index contributed by atoms with van der Waals surface area (Å²) in [5.74, 6) is 0.136. The summed E-state index contributed by atoms with van der Waals surface area (Å²) >= 11 is 0. The van der Waals surface area contributed by atoms with Crippen molar-refractivity contribution < 1.29 is 9.53 Å². The normalized spacial score (nSPS) is 29.8. The summed E-state index contributed by atoms with van der Waals surface area (Å²) < 4.78 is 5.73. The second kappa shape index (κ2) is 4.51. The highest BCUT2D eigenvalue weighted by molar-refractivity contribution is 5.96. The lowest BCUT2D eigenvalue weighted by molar-refractivity contribution is -0.0150. The molecule has 0 saturated carbocycles. The number of pyridine rings is 1. The Morgan fingerprint density at radius 2 is 2.06 bits per heavy atom. The molecule has 1 aromatic rings. The van der Waals surface area contributed by atoms with E-state index in [-0.39, 0.29) is 23.9 Å². The molecule has 2 aliphatic rings. The lowest BCUT2D eigenvalue weighted by Gasteiger charge is -2.26. The first kappa shape index (κ1) is 11.4. The van der Waals surface area contributed by atoms with E-state index in [4.69, 9.17) is 10.00 Å². The predicted molar refractivity (Wildman–Crippen MR) is 63.9 cm³/mol. The zero-order chi connectivity index (χ0) is 12.5. The van der Waals surface area contributed by atoms with E-state index >= 15 is 0 Å². The number of carbonyl (C=O) groups excluding carboxylic acids is 1. The molecule has 2 aliphatic heterocycles. The number of ketones is 1. The van der Waals surface area contributed by atoms with Crippen molar-refractivity contribution in [2.24, 2.45) is 5.92 Å². The summed E-state index contributed by atoms with van der Waals surface area (Å²) in [6, 6.07) is 5.30. The second-order valence-electron chi connectivity index (χ2n) is 5.03. The maximum atomic E-state index is 12.3. The number of nitrogens with zero attached hydrogens (tertiary/aromatic N) is 2. The fourth-order valence-corrected chi connectivity index (χ4v) is 2.89. The zero-order valence-corrected chi connectivity index (χ0v) is 10.0. The van der Waals surface area contributed by atoms with Gasteiger partial charge in [0.1, 0.15) is 11.8 Å². The Morgan fingerprint density at radius 3 is 2.61 bits per heavy atom. The molecule has 1 aromatic heterocycles. The number of ether oxygens (including phenoxy) is 1. The Morgan fingerprint density at radius 1 is 1.33 bits per heavy atom. The van der Waals surface area contributed by atoms with Gasteiger partial charge in [-0.2, -0.15) is 5.26 Å². The van der Waals surface area contributed by atoms with Gasteiger partial charge in [0.2, 0.25) is 0 Å². The maximum absolute atomic E-state index is 12.3. The van der Waals surface area contributed by atoms with Gasteiger partial charge in [0, 0.05) is 12.1 Å². The molecule has 2 unspecified atom stereocenters. The van der Waals surface area contributed by atoms with Crippen LogP contribution < -0.4 is 0 Å². The SMILES string of the molecule is N#Cc1ccc(C(=O)C2CC3CCC(C2)O3)nc1. The number of nitriles is 1. The van der Waals surface area contributed by atoms with Gasteiger partial charge in [-0.3, -0.25) is 9.78 Å². The van der Waals surface area contributed by atoms with Crippen molar-refractivity contribution in [2.45, 2.75) is 37.9 Å². The molecular weight excluding hydrogens is 228 g/mol. The average Bonchev–Trinajstić information content (AvgIpc) is 2.77. The van der Waals surface area contributed by atoms with E-state index in [0.717, 1.165) is 25.7 Å². The van der Waals surface area contributed by atoms with Crippen LogP contribution in [0.1, 0.15) is 41.7 Å². The monoisotopic (exact) mass is 242 g/mol. The highest BCUT2D eigenvalue weighted by Crippen LogP contribution is 2.36. The molecule has 2 bridgehead atoms. The van der Waals surface area contributed by atoms with E-state index < -0.39 is 0 Å². The van der Waals surface area contributed by atoms with Crippen LogP contribution in [0.2, 0.25) is 0 Å². The van der Waals surface area contributed by atoms with Crippen LogP contribution in [0.3, 0.4) is 0 Å². The number of rotatable bonds is 2. The van der Waals surface area contributed by atoms with Crippen molar-refractivity contribution in [3.05, 3.63) is 29.6 Å². The number of carbonyl (C=O) groups is 1. The summed E-state index contributed by atoms with van der Waals surface area (Å²) in [7, 11) is 0. The van der Waals surface area contributed by atoms with Gasteiger partial charge in [0.25, 0.3) is 0 Å². The molecule has 0 radical (unpaired) electrons. The number of hydrogen-bond donors (Lipinski definition) is 0. The highest BCUT2D eigenvalue weighted by Gasteiger charge is 2.38. The number of hydrogen-bond acceptors (Lipinski definition) is 4. The molecule has 3 heterocycles. The molecule has 3 rings (SSSR count). The van der Waals surface area contributed by atoms with E-state index in [2.05, 4.69) is 4.98 Å². The summed E-state index contributed by atoms with van der Waals surface area (Å²) in [4.78, 5) is 16.4. The van der Waals surface area contributed by atoms with E-state index in [0.29, 0.717) is 11.3 Å². The molecular formula is C14H14N2O2. The maximum Gasteiger partial charge on any atom is 0.184 e. The van der Waals surface area contributed by atoms with Crippen LogP contribution in [0.15, 0.2) is 18.3 Å². The topological polar surface area (TPSA) is 63.0 Å². The predicted octanol–water partition coefficient (Wildman–Crippen LogP) is 2.09. The highest BCUT2D eigenvalue weighted by atomic mass is 16.5. The van der Waals surface area contributed by atoms with Crippen molar-refractivity contribution >= 4 is 5.78 Å². The summed E-state index contributed by atoms with van der Waals surface area (Å²) in [6.07, 6.45) is 5.77. The average molecular weight is 242 g/mol. The fourth-order valence-electron chi connectivity index (χ4n) is 2.89. The van der Waals surface area contributed by atoms with Crippen LogP contribution in [-0.2, 0) is 4.74 Å². The third-order valence-corrected chi connectivity index (χ3v) is 3.81. The van der Waals surface area contributed by atoms with Crippen LogP contribution in [-0.4, -0.2) is 23.0 Å². The minimum atomic E-state index is 0.0386. The Balaban J connectivity index is 1.76. The van der Waals surface area contributed by atoms with Gasteiger partial charge < -0.3 is 4.74 Å². The van der Waals surface area contributed by atoms with Gasteiger partial charge >= 0.3 is 0 Å². The van der Waals surface area contributed by atoms with Crippen molar-refractivity contribution in [3.8, 4) is 6.07 Å². The van der Waals surface area contributed by atoms with Crippen molar-refractivity contribution in [1.29, 1.82) is 5.26 Å². The molecule has 18 heavy (non-hydrogen) atoms. The van der Waals surface area contributed by atoms with Crippen molar-refractivity contribution in [1.82, 2.24) is 4.98 Å². The largest absolute Gasteiger partial charge is 0.375 e. The minimum Gasteiger partial charge on any atom is -0.375 e. The summed E-state index contributed by atoms with van der Waals surface area (Å²) in [5.41, 5.74) is 0.957. The molecule has 0 amide bonds. The van der Waals surface area contributed by atoms with Gasteiger partial charge in [-0.25, -0.2) is 0 Å². The van der Waals surface area contributed by atoms with Gasteiger partial charge in [-0.05, 0) is 37.8 Å². The molecule has 92 valence electrons. The molecule has 4 heteroatoms. The molecule has 0 aromatic carbocycles. The molecule has 0 aliphatic carbocycles. The molecule has 2 saturated heterocycles.